The van der Waals surface area contributed by atoms with E-state index in [2.05, 4.69) is 178 Å². The SMILES string of the molecule is C1=CCNC(c2cc(-n3c4ccccc4c4cc(-c5ccc6c7ccccc7n(-c7ccccc7)c6c5)ccc43)cc(C3C=CC=CN3)n2)=C1. The summed E-state index contributed by atoms with van der Waals surface area (Å²) < 4.78 is 4.77. The van der Waals surface area contributed by atoms with Gasteiger partial charge in [-0.1, -0.05) is 97.1 Å². The quantitative estimate of drug-likeness (QED) is 0.196. The van der Waals surface area contributed by atoms with Crippen LogP contribution in [0.3, 0.4) is 0 Å². The van der Waals surface area contributed by atoms with E-state index < -0.39 is 0 Å². The maximum Gasteiger partial charge on any atom is 0.0886 e. The van der Waals surface area contributed by atoms with Crippen LogP contribution in [0.5, 0.6) is 0 Å². The summed E-state index contributed by atoms with van der Waals surface area (Å²) in [6.07, 6.45) is 14.6. The molecular weight excluding hydrogens is 611 g/mol. The number of allylic oxidation sites excluding steroid dienone is 4. The molecule has 0 saturated heterocycles. The second kappa shape index (κ2) is 11.5. The number of fused-ring (bicyclic) bond motifs is 6. The van der Waals surface area contributed by atoms with Crippen LogP contribution < -0.4 is 10.6 Å². The van der Waals surface area contributed by atoms with Crippen LogP contribution in [0.2, 0.25) is 0 Å². The van der Waals surface area contributed by atoms with E-state index >= 15 is 0 Å². The zero-order valence-electron chi connectivity index (χ0n) is 27.3. The van der Waals surface area contributed by atoms with Crippen LogP contribution in [-0.4, -0.2) is 20.7 Å². The summed E-state index contributed by atoms with van der Waals surface area (Å²) in [5.74, 6) is 0. The highest BCUT2D eigenvalue weighted by molar-refractivity contribution is 6.12. The molecule has 1 unspecified atom stereocenters. The maximum absolute atomic E-state index is 5.15. The minimum Gasteiger partial charge on any atom is -0.380 e. The summed E-state index contributed by atoms with van der Waals surface area (Å²) in [4.78, 5) is 5.15. The highest BCUT2D eigenvalue weighted by Gasteiger charge is 2.19. The van der Waals surface area contributed by atoms with E-state index in [-0.39, 0.29) is 6.04 Å². The van der Waals surface area contributed by atoms with Crippen molar-refractivity contribution in [3.05, 3.63) is 181 Å². The Morgan fingerprint density at radius 2 is 1.26 bits per heavy atom. The first kappa shape index (κ1) is 28.4. The van der Waals surface area contributed by atoms with Crippen molar-refractivity contribution in [3.63, 3.8) is 0 Å². The van der Waals surface area contributed by atoms with Gasteiger partial charge in [0.15, 0.2) is 0 Å². The summed E-state index contributed by atoms with van der Waals surface area (Å²) >= 11 is 0. The Bertz CT molecular complexity index is 2740. The molecule has 5 heteroatoms. The van der Waals surface area contributed by atoms with E-state index in [1.807, 2.05) is 12.3 Å². The predicted octanol–water partition coefficient (Wildman–Crippen LogP) is 10.2. The second-order valence-electron chi connectivity index (χ2n) is 12.9. The topological polar surface area (TPSA) is 46.8 Å². The van der Waals surface area contributed by atoms with Crippen molar-refractivity contribution < 1.29 is 0 Å². The van der Waals surface area contributed by atoms with Gasteiger partial charge in [0.1, 0.15) is 0 Å². The number of rotatable bonds is 5. The standard InChI is InChI=1S/C45H33N5/c1-2-12-32(13-3-1)49-42-18-6-4-14-34(42)36-22-20-31(27-45(36)49)30-21-23-44-37(26-30)35-15-5-7-19-43(35)50(44)33-28-40(38-16-8-10-24-46-38)48-41(29-33)39-17-9-11-25-47-39/h1-24,26-29,38,46-47H,25H2. The van der Waals surface area contributed by atoms with Crippen molar-refractivity contribution >= 4 is 49.3 Å². The minimum atomic E-state index is -0.0143. The monoisotopic (exact) mass is 643 g/mol. The first-order chi connectivity index (χ1) is 24.8. The van der Waals surface area contributed by atoms with E-state index in [1.54, 1.807) is 0 Å². The molecule has 10 rings (SSSR count). The highest BCUT2D eigenvalue weighted by atomic mass is 15.0. The first-order valence-corrected chi connectivity index (χ1v) is 17.2. The fraction of sp³-hybridized carbons (Fsp3) is 0.0444. The lowest BCUT2D eigenvalue weighted by molar-refractivity contribution is 0.717. The largest absolute Gasteiger partial charge is 0.380 e. The van der Waals surface area contributed by atoms with Crippen LogP contribution in [0.1, 0.15) is 17.4 Å². The van der Waals surface area contributed by atoms with Gasteiger partial charge in [-0.15, -0.1) is 0 Å². The summed E-state index contributed by atoms with van der Waals surface area (Å²) in [5.41, 5.74) is 12.3. The van der Waals surface area contributed by atoms with E-state index in [9.17, 15) is 0 Å². The molecule has 2 N–H and O–H groups in total. The number of aromatic nitrogens is 3. The molecule has 1 atom stereocenters. The van der Waals surface area contributed by atoms with Crippen molar-refractivity contribution in [2.75, 3.05) is 6.54 Å². The lowest BCUT2D eigenvalue weighted by atomic mass is 10.0. The Labute approximate surface area is 289 Å². The van der Waals surface area contributed by atoms with Gasteiger partial charge < -0.3 is 19.8 Å². The molecule has 50 heavy (non-hydrogen) atoms. The molecule has 2 aliphatic heterocycles. The van der Waals surface area contributed by atoms with Crippen molar-refractivity contribution in [2.45, 2.75) is 6.04 Å². The molecule has 0 fully saturated rings. The smallest absolute Gasteiger partial charge is 0.0886 e. The van der Waals surface area contributed by atoms with Gasteiger partial charge >= 0.3 is 0 Å². The molecule has 0 amide bonds. The minimum absolute atomic E-state index is 0.0143. The number of para-hydroxylation sites is 3. The lowest BCUT2D eigenvalue weighted by Gasteiger charge is -2.20. The van der Waals surface area contributed by atoms with Crippen molar-refractivity contribution in [1.29, 1.82) is 0 Å². The molecule has 0 aliphatic carbocycles. The van der Waals surface area contributed by atoms with Gasteiger partial charge in [0.2, 0.25) is 0 Å². The highest BCUT2D eigenvalue weighted by Crippen LogP contribution is 2.38. The Balaban J connectivity index is 1.17. The summed E-state index contributed by atoms with van der Waals surface area (Å²) in [7, 11) is 0. The van der Waals surface area contributed by atoms with Crippen molar-refractivity contribution in [3.8, 4) is 22.5 Å². The number of hydrogen-bond donors (Lipinski definition) is 2. The van der Waals surface area contributed by atoms with Gasteiger partial charge in [0.25, 0.3) is 0 Å². The van der Waals surface area contributed by atoms with E-state index in [4.69, 9.17) is 4.98 Å². The zero-order chi connectivity index (χ0) is 33.0. The molecular formula is C45H33N5. The molecule has 0 radical (unpaired) electrons. The molecule has 0 spiro atoms. The number of dihydropyridines is 2. The summed E-state index contributed by atoms with van der Waals surface area (Å²) in [6.45, 7) is 0.785. The molecule has 238 valence electrons. The molecule has 2 aliphatic rings. The molecule has 5 aromatic carbocycles. The fourth-order valence-corrected chi connectivity index (χ4v) is 7.66. The van der Waals surface area contributed by atoms with Gasteiger partial charge in [-0.3, -0.25) is 0 Å². The van der Waals surface area contributed by atoms with Crippen LogP contribution in [0.15, 0.2) is 170 Å². The summed E-state index contributed by atoms with van der Waals surface area (Å²) in [5, 5.41) is 12.0. The van der Waals surface area contributed by atoms with Crippen LogP contribution in [0.4, 0.5) is 0 Å². The lowest BCUT2D eigenvalue weighted by Crippen LogP contribution is -2.20. The Kier molecular flexibility index (Phi) is 6.56. The third-order valence-electron chi connectivity index (χ3n) is 9.97. The number of nitrogens with zero attached hydrogens (tertiary/aromatic N) is 3. The average molecular weight is 644 g/mol. The number of hydrogen-bond acceptors (Lipinski definition) is 3. The van der Waals surface area contributed by atoms with E-state index in [0.29, 0.717) is 0 Å². The third kappa shape index (κ3) is 4.59. The summed E-state index contributed by atoms with van der Waals surface area (Å²) in [6, 6.07) is 46.3. The van der Waals surface area contributed by atoms with Crippen LogP contribution in [0.25, 0.3) is 71.8 Å². The van der Waals surface area contributed by atoms with Gasteiger partial charge in [-0.25, -0.2) is 4.98 Å². The van der Waals surface area contributed by atoms with Crippen LogP contribution >= 0.6 is 0 Å². The molecule has 5 heterocycles. The van der Waals surface area contributed by atoms with E-state index in [1.165, 1.54) is 49.2 Å². The molecule has 8 aromatic rings. The number of nitrogens with one attached hydrogen (secondary N) is 2. The molecule has 3 aromatic heterocycles. The van der Waals surface area contributed by atoms with Gasteiger partial charge in [0, 0.05) is 33.8 Å². The van der Waals surface area contributed by atoms with Gasteiger partial charge in [0.05, 0.1) is 50.9 Å². The Morgan fingerprint density at radius 1 is 0.560 bits per heavy atom. The number of benzene rings is 5. The Hall–Kier alpha value is -6.59. The van der Waals surface area contributed by atoms with Gasteiger partial charge in [-0.05, 0) is 84.1 Å². The van der Waals surface area contributed by atoms with Crippen molar-refractivity contribution in [2.24, 2.45) is 0 Å². The predicted molar refractivity (Wildman–Crippen MR) is 208 cm³/mol. The van der Waals surface area contributed by atoms with Gasteiger partial charge in [-0.2, -0.15) is 0 Å². The second-order valence-corrected chi connectivity index (χ2v) is 12.9. The molecule has 0 saturated carbocycles. The number of pyridine rings is 1. The molecule has 0 bridgehead atoms. The van der Waals surface area contributed by atoms with E-state index in [0.717, 1.165) is 40.5 Å². The van der Waals surface area contributed by atoms with Crippen LogP contribution in [0, 0.1) is 0 Å². The normalized spacial score (nSPS) is 15.5. The average Bonchev–Trinajstić information content (AvgIpc) is 3.71. The first-order valence-electron chi connectivity index (χ1n) is 17.2. The fourth-order valence-electron chi connectivity index (χ4n) is 7.66. The van der Waals surface area contributed by atoms with Crippen LogP contribution in [-0.2, 0) is 0 Å². The zero-order valence-corrected chi connectivity index (χ0v) is 27.3. The Morgan fingerprint density at radius 3 is 2.04 bits per heavy atom. The third-order valence-corrected chi connectivity index (χ3v) is 9.97. The maximum atomic E-state index is 5.15. The van der Waals surface area contributed by atoms with Crippen molar-refractivity contribution in [1.82, 2.24) is 24.8 Å². The molecule has 5 nitrogen and oxygen atoms in total.